The third-order valence-corrected chi connectivity index (χ3v) is 4.48. The lowest BCUT2D eigenvalue weighted by Crippen LogP contribution is -2.39. The highest BCUT2D eigenvalue weighted by atomic mass is 16.5. The van der Waals surface area contributed by atoms with Crippen LogP contribution in [0.4, 0.5) is 5.82 Å². The first kappa shape index (κ1) is 15.7. The van der Waals surface area contributed by atoms with Crippen molar-refractivity contribution in [3.63, 3.8) is 0 Å². The van der Waals surface area contributed by atoms with E-state index >= 15 is 0 Å². The maximum Gasteiger partial charge on any atom is 0.235 e. The second-order valence-corrected chi connectivity index (χ2v) is 6.41. The van der Waals surface area contributed by atoms with Gasteiger partial charge in [-0.1, -0.05) is 0 Å². The summed E-state index contributed by atoms with van der Waals surface area (Å²) in [5, 5.41) is 12.8. The van der Waals surface area contributed by atoms with Crippen LogP contribution in [-0.2, 0) is 0 Å². The van der Waals surface area contributed by atoms with Gasteiger partial charge in [0.15, 0.2) is 11.5 Å². The number of nitrogens with zero attached hydrogens (tertiary/aromatic N) is 7. The van der Waals surface area contributed by atoms with Crippen LogP contribution in [-0.4, -0.2) is 49.0 Å². The van der Waals surface area contributed by atoms with E-state index in [4.69, 9.17) is 4.74 Å². The van der Waals surface area contributed by atoms with E-state index in [9.17, 15) is 0 Å². The van der Waals surface area contributed by atoms with Crippen molar-refractivity contribution in [2.24, 2.45) is 0 Å². The van der Waals surface area contributed by atoms with Gasteiger partial charge in [0, 0.05) is 32.1 Å². The summed E-state index contributed by atoms with van der Waals surface area (Å²) in [4.78, 5) is 11.0. The molecule has 4 heterocycles. The molecule has 0 spiro atoms. The fourth-order valence-electron chi connectivity index (χ4n) is 3.04. The number of hydrogen-bond donors (Lipinski definition) is 0. The highest BCUT2D eigenvalue weighted by Crippen LogP contribution is 2.22. The van der Waals surface area contributed by atoms with Crippen molar-refractivity contribution in [2.45, 2.75) is 39.7 Å². The average Bonchev–Trinajstić information content (AvgIpc) is 2.99. The van der Waals surface area contributed by atoms with Gasteiger partial charge in [-0.25, -0.2) is 4.98 Å². The Hall–Kier alpha value is -2.77. The Labute approximate surface area is 145 Å². The molecule has 0 saturated carbocycles. The number of rotatable bonds is 3. The number of piperidine rings is 1. The monoisotopic (exact) mass is 339 g/mol. The van der Waals surface area contributed by atoms with Crippen molar-refractivity contribution >= 4 is 11.5 Å². The molecular formula is C17H21N7O. The van der Waals surface area contributed by atoms with Crippen LogP contribution in [0.5, 0.6) is 5.88 Å². The van der Waals surface area contributed by atoms with Gasteiger partial charge < -0.3 is 9.64 Å². The van der Waals surface area contributed by atoms with Gasteiger partial charge in [-0.05, 0) is 32.9 Å². The minimum Gasteiger partial charge on any atom is -0.473 e. The number of ether oxygens (including phenoxy) is 1. The van der Waals surface area contributed by atoms with E-state index in [-0.39, 0.29) is 6.10 Å². The van der Waals surface area contributed by atoms with Crippen molar-refractivity contribution < 1.29 is 4.74 Å². The number of anilines is 1. The van der Waals surface area contributed by atoms with Gasteiger partial charge in [0.2, 0.25) is 5.88 Å². The minimum absolute atomic E-state index is 0.159. The SMILES string of the molecule is Cc1cnc(C)c(OC2CCN(c3ccc4nnc(C)n4n3)CC2)n1. The van der Waals surface area contributed by atoms with Gasteiger partial charge in [-0.15, -0.1) is 15.3 Å². The van der Waals surface area contributed by atoms with Crippen molar-refractivity contribution in [3.8, 4) is 5.88 Å². The van der Waals surface area contributed by atoms with Gasteiger partial charge in [0.1, 0.15) is 11.9 Å². The highest BCUT2D eigenvalue weighted by molar-refractivity contribution is 5.46. The van der Waals surface area contributed by atoms with Crippen molar-refractivity contribution in [1.82, 2.24) is 29.8 Å². The van der Waals surface area contributed by atoms with Gasteiger partial charge in [-0.3, -0.25) is 4.98 Å². The molecule has 3 aromatic rings. The second kappa shape index (κ2) is 6.27. The summed E-state index contributed by atoms with van der Waals surface area (Å²) < 4.78 is 7.86. The van der Waals surface area contributed by atoms with Crippen LogP contribution in [0.15, 0.2) is 18.3 Å². The molecule has 8 heteroatoms. The van der Waals surface area contributed by atoms with Crippen LogP contribution in [0.3, 0.4) is 0 Å². The molecule has 0 aliphatic carbocycles. The van der Waals surface area contributed by atoms with E-state index in [1.807, 2.05) is 32.9 Å². The smallest absolute Gasteiger partial charge is 0.235 e. The molecule has 0 unspecified atom stereocenters. The molecule has 0 radical (unpaired) electrons. The zero-order valence-corrected chi connectivity index (χ0v) is 14.7. The first-order chi connectivity index (χ1) is 12.1. The molecule has 0 amide bonds. The zero-order chi connectivity index (χ0) is 17.4. The van der Waals surface area contributed by atoms with E-state index in [2.05, 4.69) is 30.2 Å². The number of hydrogen-bond acceptors (Lipinski definition) is 7. The van der Waals surface area contributed by atoms with Gasteiger partial charge in [0.25, 0.3) is 0 Å². The summed E-state index contributed by atoms with van der Waals surface area (Å²) in [5.41, 5.74) is 2.48. The molecule has 3 aromatic heterocycles. The van der Waals surface area contributed by atoms with E-state index in [0.29, 0.717) is 5.88 Å². The van der Waals surface area contributed by atoms with Crippen LogP contribution in [0.25, 0.3) is 5.65 Å². The Morgan fingerprint density at radius 1 is 1.08 bits per heavy atom. The summed E-state index contributed by atoms with van der Waals surface area (Å²) in [6.45, 7) is 7.54. The zero-order valence-electron chi connectivity index (χ0n) is 14.7. The van der Waals surface area contributed by atoms with Crippen molar-refractivity contribution in [3.05, 3.63) is 35.5 Å². The summed E-state index contributed by atoms with van der Waals surface area (Å²) in [7, 11) is 0. The first-order valence-electron chi connectivity index (χ1n) is 8.51. The lowest BCUT2D eigenvalue weighted by molar-refractivity contribution is 0.161. The minimum atomic E-state index is 0.159. The molecule has 0 bridgehead atoms. The standard InChI is InChI=1S/C17H21N7O/c1-11-10-18-12(2)17(19-11)25-14-6-8-23(9-7-14)16-5-4-15-21-20-13(3)24(15)22-16/h4-5,10,14H,6-9H2,1-3H3. The van der Waals surface area contributed by atoms with E-state index < -0.39 is 0 Å². The largest absolute Gasteiger partial charge is 0.473 e. The second-order valence-electron chi connectivity index (χ2n) is 6.41. The van der Waals surface area contributed by atoms with Crippen molar-refractivity contribution in [1.29, 1.82) is 0 Å². The number of aryl methyl sites for hydroxylation is 3. The van der Waals surface area contributed by atoms with Crippen molar-refractivity contribution in [2.75, 3.05) is 18.0 Å². The Kier molecular flexibility index (Phi) is 3.95. The predicted octanol–water partition coefficient (Wildman–Crippen LogP) is 1.89. The molecule has 25 heavy (non-hydrogen) atoms. The van der Waals surface area contributed by atoms with Gasteiger partial charge >= 0.3 is 0 Å². The molecule has 1 fully saturated rings. The lowest BCUT2D eigenvalue weighted by atomic mass is 10.1. The molecule has 130 valence electrons. The summed E-state index contributed by atoms with van der Waals surface area (Å²) in [6.07, 6.45) is 3.78. The maximum absolute atomic E-state index is 6.08. The molecule has 0 atom stereocenters. The first-order valence-corrected chi connectivity index (χ1v) is 8.51. The molecule has 1 saturated heterocycles. The molecule has 1 aliphatic rings. The molecule has 4 rings (SSSR count). The van der Waals surface area contributed by atoms with Crippen LogP contribution < -0.4 is 9.64 Å². The Morgan fingerprint density at radius 2 is 1.88 bits per heavy atom. The summed E-state index contributed by atoms with van der Waals surface area (Å²) >= 11 is 0. The summed E-state index contributed by atoms with van der Waals surface area (Å²) in [6, 6.07) is 3.96. The molecule has 0 N–H and O–H groups in total. The van der Waals surface area contributed by atoms with Gasteiger partial charge in [0.05, 0.1) is 11.4 Å². The fraction of sp³-hybridized carbons (Fsp3) is 0.471. The van der Waals surface area contributed by atoms with E-state index in [0.717, 1.165) is 54.6 Å². The average molecular weight is 339 g/mol. The fourth-order valence-corrected chi connectivity index (χ4v) is 3.04. The third kappa shape index (κ3) is 3.11. The third-order valence-electron chi connectivity index (χ3n) is 4.48. The van der Waals surface area contributed by atoms with E-state index in [1.54, 1.807) is 10.7 Å². The number of fused-ring (bicyclic) bond motifs is 1. The Bertz CT molecular complexity index is 899. The highest BCUT2D eigenvalue weighted by Gasteiger charge is 2.23. The summed E-state index contributed by atoms with van der Waals surface area (Å²) in [5.74, 6) is 2.39. The van der Waals surface area contributed by atoms with E-state index in [1.165, 1.54) is 0 Å². The maximum atomic E-state index is 6.08. The molecule has 0 aromatic carbocycles. The van der Waals surface area contributed by atoms with Crippen LogP contribution in [0, 0.1) is 20.8 Å². The van der Waals surface area contributed by atoms with Crippen LogP contribution in [0.2, 0.25) is 0 Å². The molecule has 1 aliphatic heterocycles. The number of aromatic nitrogens is 6. The predicted molar refractivity (Wildman–Crippen MR) is 92.9 cm³/mol. The Morgan fingerprint density at radius 3 is 2.68 bits per heavy atom. The quantitative estimate of drug-likeness (QED) is 0.720. The molecule has 8 nitrogen and oxygen atoms in total. The lowest BCUT2D eigenvalue weighted by Gasteiger charge is -2.32. The van der Waals surface area contributed by atoms with Crippen LogP contribution in [0.1, 0.15) is 30.1 Å². The van der Waals surface area contributed by atoms with Gasteiger partial charge in [-0.2, -0.15) is 4.52 Å². The molecular weight excluding hydrogens is 318 g/mol. The topological polar surface area (TPSA) is 81.3 Å². The van der Waals surface area contributed by atoms with Crippen LogP contribution >= 0.6 is 0 Å². The normalized spacial score (nSPS) is 15.7. The Balaban J connectivity index is 1.43.